The Hall–Kier alpha value is -2.61. The SMILES string of the molecule is Fc1nc(NCc2ccccc2F)c2ncn(C3CCO3)c2n1. The summed E-state index contributed by atoms with van der Waals surface area (Å²) < 4.78 is 34.4. The number of halogens is 2. The minimum Gasteiger partial charge on any atom is -0.364 e. The first-order chi connectivity index (χ1) is 11.2. The second kappa shape index (κ2) is 5.54. The van der Waals surface area contributed by atoms with Crippen LogP contribution in [0.3, 0.4) is 0 Å². The van der Waals surface area contributed by atoms with E-state index in [0.717, 1.165) is 6.42 Å². The summed E-state index contributed by atoms with van der Waals surface area (Å²) in [6.07, 6.45) is 1.34. The third kappa shape index (κ3) is 2.50. The van der Waals surface area contributed by atoms with E-state index in [0.29, 0.717) is 23.3 Å². The van der Waals surface area contributed by atoms with E-state index in [1.807, 2.05) is 0 Å². The fourth-order valence-electron chi connectivity index (χ4n) is 2.49. The van der Waals surface area contributed by atoms with Gasteiger partial charge in [0.25, 0.3) is 0 Å². The van der Waals surface area contributed by atoms with Crippen molar-refractivity contribution in [2.45, 2.75) is 19.2 Å². The maximum absolute atomic E-state index is 13.7. The Morgan fingerprint density at radius 3 is 2.83 bits per heavy atom. The Bertz CT molecular complexity index is 862. The number of imidazole rings is 1. The van der Waals surface area contributed by atoms with Crippen molar-refractivity contribution in [1.29, 1.82) is 0 Å². The van der Waals surface area contributed by atoms with Gasteiger partial charge in [0.15, 0.2) is 17.0 Å². The number of aromatic nitrogens is 4. The van der Waals surface area contributed by atoms with Crippen molar-refractivity contribution >= 4 is 17.0 Å². The molecule has 6 nitrogen and oxygen atoms in total. The molecular weight excluding hydrogens is 304 g/mol. The van der Waals surface area contributed by atoms with Crippen LogP contribution in [0.2, 0.25) is 0 Å². The van der Waals surface area contributed by atoms with Gasteiger partial charge < -0.3 is 10.1 Å². The fourth-order valence-corrected chi connectivity index (χ4v) is 2.49. The van der Waals surface area contributed by atoms with Crippen molar-refractivity contribution in [3.8, 4) is 0 Å². The molecule has 1 aromatic carbocycles. The first kappa shape index (κ1) is 14.0. The normalized spacial score (nSPS) is 17.2. The molecule has 1 N–H and O–H groups in total. The highest BCUT2D eigenvalue weighted by Crippen LogP contribution is 2.28. The molecule has 1 aliphatic rings. The number of benzene rings is 1. The van der Waals surface area contributed by atoms with Crippen LogP contribution in [0.4, 0.5) is 14.6 Å². The summed E-state index contributed by atoms with van der Waals surface area (Å²) in [5.41, 5.74) is 1.25. The van der Waals surface area contributed by atoms with Crippen molar-refractivity contribution in [2.24, 2.45) is 0 Å². The number of nitrogens with one attached hydrogen (secondary N) is 1. The second-order valence-electron chi connectivity index (χ2n) is 5.22. The third-order valence-electron chi connectivity index (χ3n) is 3.78. The summed E-state index contributed by atoms with van der Waals surface area (Å²) in [6, 6.07) is 6.37. The van der Waals surface area contributed by atoms with Crippen molar-refractivity contribution in [1.82, 2.24) is 19.5 Å². The average molecular weight is 317 g/mol. The minimum atomic E-state index is -0.866. The lowest BCUT2D eigenvalue weighted by Gasteiger charge is -2.27. The van der Waals surface area contributed by atoms with E-state index in [-0.39, 0.29) is 24.4 Å². The maximum atomic E-state index is 13.7. The molecule has 0 aliphatic carbocycles. The molecule has 3 heterocycles. The quantitative estimate of drug-likeness (QED) is 0.749. The van der Waals surface area contributed by atoms with Crippen molar-refractivity contribution in [3.05, 3.63) is 48.1 Å². The molecule has 1 unspecified atom stereocenters. The summed E-state index contributed by atoms with van der Waals surface area (Å²) in [4.78, 5) is 11.8. The van der Waals surface area contributed by atoms with Gasteiger partial charge in [0.05, 0.1) is 12.9 Å². The zero-order chi connectivity index (χ0) is 15.8. The smallest absolute Gasteiger partial charge is 0.312 e. The standard InChI is InChI=1S/C15H13F2N5O/c16-10-4-2-1-3-9(10)7-18-13-12-14(21-15(17)20-13)22(8-19-12)11-5-6-23-11/h1-4,8,11H,5-7H2,(H,18,20,21). The zero-order valence-corrected chi connectivity index (χ0v) is 12.0. The number of ether oxygens (including phenoxy) is 1. The molecule has 0 spiro atoms. The number of nitrogens with zero attached hydrogens (tertiary/aromatic N) is 4. The number of hydrogen-bond acceptors (Lipinski definition) is 5. The summed E-state index contributed by atoms with van der Waals surface area (Å²) in [7, 11) is 0. The number of rotatable bonds is 4. The van der Waals surface area contributed by atoms with Gasteiger partial charge >= 0.3 is 6.08 Å². The molecule has 2 aromatic heterocycles. The van der Waals surface area contributed by atoms with Gasteiger partial charge in [-0.05, 0) is 6.07 Å². The molecule has 1 fully saturated rings. The van der Waals surface area contributed by atoms with Gasteiger partial charge in [0, 0.05) is 18.5 Å². The van der Waals surface area contributed by atoms with Gasteiger partial charge in [-0.2, -0.15) is 14.4 Å². The van der Waals surface area contributed by atoms with Gasteiger partial charge in [-0.15, -0.1) is 0 Å². The van der Waals surface area contributed by atoms with Crippen LogP contribution in [-0.4, -0.2) is 26.1 Å². The Labute approximate surface area is 130 Å². The van der Waals surface area contributed by atoms with E-state index in [4.69, 9.17) is 4.74 Å². The average Bonchev–Trinajstić information content (AvgIpc) is 2.88. The summed E-state index contributed by atoms with van der Waals surface area (Å²) in [5.74, 6) is -0.104. The number of anilines is 1. The lowest BCUT2D eigenvalue weighted by Crippen LogP contribution is -2.24. The Kier molecular flexibility index (Phi) is 3.38. The van der Waals surface area contributed by atoms with E-state index in [9.17, 15) is 8.78 Å². The van der Waals surface area contributed by atoms with Gasteiger partial charge in [-0.25, -0.2) is 9.37 Å². The van der Waals surface area contributed by atoms with Crippen LogP contribution in [-0.2, 0) is 11.3 Å². The zero-order valence-electron chi connectivity index (χ0n) is 12.0. The number of hydrogen-bond donors (Lipinski definition) is 1. The highest BCUT2D eigenvalue weighted by Gasteiger charge is 2.24. The van der Waals surface area contributed by atoms with Crippen molar-refractivity contribution in [3.63, 3.8) is 0 Å². The highest BCUT2D eigenvalue weighted by atomic mass is 19.1. The third-order valence-corrected chi connectivity index (χ3v) is 3.78. The van der Waals surface area contributed by atoms with E-state index >= 15 is 0 Å². The molecule has 23 heavy (non-hydrogen) atoms. The first-order valence-electron chi connectivity index (χ1n) is 7.21. The largest absolute Gasteiger partial charge is 0.364 e. The van der Waals surface area contributed by atoms with Gasteiger partial charge in [-0.1, -0.05) is 18.2 Å². The molecule has 0 radical (unpaired) electrons. The number of fused-ring (bicyclic) bond motifs is 1. The van der Waals surface area contributed by atoms with Gasteiger partial charge in [0.1, 0.15) is 12.0 Å². The lowest BCUT2D eigenvalue weighted by molar-refractivity contribution is -0.0974. The summed E-state index contributed by atoms with van der Waals surface area (Å²) >= 11 is 0. The maximum Gasteiger partial charge on any atom is 0.312 e. The molecule has 4 rings (SSSR count). The summed E-state index contributed by atoms with van der Waals surface area (Å²) in [6.45, 7) is 0.835. The highest BCUT2D eigenvalue weighted by molar-refractivity contribution is 5.82. The van der Waals surface area contributed by atoms with Crippen LogP contribution < -0.4 is 5.32 Å². The van der Waals surface area contributed by atoms with E-state index < -0.39 is 6.08 Å². The second-order valence-corrected chi connectivity index (χ2v) is 5.22. The van der Waals surface area contributed by atoms with Crippen LogP contribution in [0, 0.1) is 11.9 Å². The van der Waals surface area contributed by atoms with Crippen LogP contribution >= 0.6 is 0 Å². The molecule has 1 saturated heterocycles. The molecule has 0 bridgehead atoms. The van der Waals surface area contributed by atoms with Crippen molar-refractivity contribution < 1.29 is 13.5 Å². The summed E-state index contributed by atoms with van der Waals surface area (Å²) in [5, 5.41) is 2.93. The predicted octanol–water partition coefficient (Wildman–Crippen LogP) is 2.64. The topological polar surface area (TPSA) is 64.9 Å². The monoisotopic (exact) mass is 317 g/mol. The molecule has 1 aliphatic heterocycles. The van der Waals surface area contributed by atoms with E-state index in [1.165, 1.54) is 6.07 Å². The van der Waals surface area contributed by atoms with E-state index in [1.54, 1.807) is 29.1 Å². The van der Waals surface area contributed by atoms with Crippen LogP contribution in [0.15, 0.2) is 30.6 Å². The fraction of sp³-hybridized carbons (Fsp3) is 0.267. The van der Waals surface area contributed by atoms with Crippen LogP contribution in [0.25, 0.3) is 11.2 Å². The molecular formula is C15H13F2N5O. The molecule has 8 heteroatoms. The molecule has 0 saturated carbocycles. The van der Waals surface area contributed by atoms with Gasteiger partial charge in [-0.3, -0.25) is 4.57 Å². The minimum absolute atomic E-state index is 0.172. The van der Waals surface area contributed by atoms with Crippen LogP contribution in [0.1, 0.15) is 18.2 Å². The van der Waals surface area contributed by atoms with E-state index in [2.05, 4.69) is 20.3 Å². The molecule has 3 aromatic rings. The lowest BCUT2D eigenvalue weighted by atomic mass is 10.2. The molecule has 0 amide bonds. The Balaban J connectivity index is 1.67. The van der Waals surface area contributed by atoms with Crippen LogP contribution in [0.5, 0.6) is 0 Å². The van der Waals surface area contributed by atoms with Crippen molar-refractivity contribution in [2.75, 3.05) is 11.9 Å². The Morgan fingerprint density at radius 2 is 2.09 bits per heavy atom. The molecule has 118 valence electrons. The molecule has 1 atom stereocenters. The predicted molar refractivity (Wildman–Crippen MR) is 78.6 cm³/mol. The first-order valence-corrected chi connectivity index (χ1v) is 7.21. The Morgan fingerprint density at radius 1 is 1.26 bits per heavy atom. The van der Waals surface area contributed by atoms with Gasteiger partial charge in [0.2, 0.25) is 0 Å².